The van der Waals surface area contributed by atoms with Crippen LogP contribution in [0.15, 0.2) is 42.5 Å². The lowest BCUT2D eigenvalue weighted by Crippen LogP contribution is -1.98. The van der Waals surface area contributed by atoms with Crippen LogP contribution in [-0.2, 0) is 6.54 Å². The summed E-state index contributed by atoms with van der Waals surface area (Å²) < 4.78 is 0. The Bertz CT molecular complexity index is 506. The number of halogens is 1. The summed E-state index contributed by atoms with van der Waals surface area (Å²) in [6.07, 6.45) is 0. The van der Waals surface area contributed by atoms with Crippen molar-refractivity contribution in [2.75, 3.05) is 0 Å². The molecule has 0 bridgehead atoms. The Hall–Kier alpha value is -1.31. The molecule has 2 aromatic rings. The van der Waals surface area contributed by atoms with E-state index < -0.39 is 0 Å². The molecule has 82 valence electrons. The van der Waals surface area contributed by atoms with Crippen molar-refractivity contribution in [3.63, 3.8) is 0 Å². The first-order valence-electron chi connectivity index (χ1n) is 5.26. The molecule has 0 atom stereocenters. The van der Waals surface area contributed by atoms with Gasteiger partial charge in [-0.25, -0.2) is 0 Å². The molecule has 0 aliphatic heterocycles. The lowest BCUT2D eigenvalue weighted by molar-refractivity contribution is 1.07. The molecule has 16 heavy (non-hydrogen) atoms. The van der Waals surface area contributed by atoms with Gasteiger partial charge in [-0.2, -0.15) is 0 Å². The zero-order chi connectivity index (χ0) is 11.5. The largest absolute Gasteiger partial charge is 0.326 e. The summed E-state index contributed by atoms with van der Waals surface area (Å²) in [6.45, 7) is 2.61. The van der Waals surface area contributed by atoms with Crippen LogP contribution in [0.25, 0.3) is 11.1 Å². The summed E-state index contributed by atoms with van der Waals surface area (Å²) in [7, 11) is 0. The Morgan fingerprint density at radius 2 is 1.94 bits per heavy atom. The van der Waals surface area contributed by atoms with Gasteiger partial charge < -0.3 is 5.73 Å². The summed E-state index contributed by atoms with van der Waals surface area (Å²) in [5, 5.41) is 0.744. The molecule has 0 aliphatic rings. The van der Waals surface area contributed by atoms with Gasteiger partial charge in [0.1, 0.15) is 0 Å². The first-order valence-corrected chi connectivity index (χ1v) is 5.64. The lowest BCUT2D eigenvalue weighted by atomic mass is 9.98. The molecule has 0 saturated carbocycles. The van der Waals surface area contributed by atoms with Crippen LogP contribution in [0.3, 0.4) is 0 Å². The molecule has 2 N–H and O–H groups in total. The molecule has 2 aromatic carbocycles. The maximum Gasteiger partial charge on any atom is 0.0412 e. The van der Waals surface area contributed by atoms with E-state index in [1.54, 1.807) is 0 Å². The van der Waals surface area contributed by atoms with Crippen LogP contribution in [-0.4, -0.2) is 0 Å². The number of rotatable bonds is 2. The van der Waals surface area contributed by atoms with Gasteiger partial charge in [-0.15, -0.1) is 0 Å². The molecular formula is C14H14ClN. The van der Waals surface area contributed by atoms with Crippen LogP contribution < -0.4 is 5.73 Å². The third-order valence-electron chi connectivity index (χ3n) is 2.62. The van der Waals surface area contributed by atoms with Gasteiger partial charge in [0.2, 0.25) is 0 Å². The first-order chi connectivity index (χ1) is 7.70. The first kappa shape index (κ1) is 11.2. The molecule has 0 aromatic heterocycles. The van der Waals surface area contributed by atoms with Crippen LogP contribution >= 0.6 is 11.6 Å². The number of hydrogen-bond donors (Lipinski definition) is 1. The summed E-state index contributed by atoms with van der Waals surface area (Å²) in [4.78, 5) is 0. The Morgan fingerprint density at radius 3 is 2.62 bits per heavy atom. The summed E-state index contributed by atoms with van der Waals surface area (Å²) >= 11 is 6.02. The Labute approximate surface area is 101 Å². The molecule has 0 radical (unpaired) electrons. The number of benzene rings is 2. The van der Waals surface area contributed by atoms with Gasteiger partial charge in [0.15, 0.2) is 0 Å². The van der Waals surface area contributed by atoms with E-state index in [9.17, 15) is 0 Å². The molecule has 1 nitrogen and oxygen atoms in total. The fraction of sp³-hybridized carbons (Fsp3) is 0.143. The predicted molar refractivity (Wildman–Crippen MR) is 69.5 cm³/mol. The van der Waals surface area contributed by atoms with E-state index in [0.717, 1.165) is 16.1 Å². The molecule has 0 spiro atoms. The Balaban J connectivity index is 2.58. The van der Waals surface area contributed by atoms with E-state index in [1.807, 2.05) is 24.3 Å². The quantitative estimate of drug-likeness (QED) is 0.837. The van der Waals surface area contributed by atoms with Gasteiger partial charge in [0, 0.05) is 11.6 Å². The van der Waals surface area contributed by atoms with Crippen molar-refractivity contribution in [1.29, 1.82) is 0 Å². The van der Waals surface area contributed by atoms with Crippen molar-refractivity contribution < 1.29 is 0 Å². The summed E-state index contributed by atoms with van der Waals surface area (Å²) in [6, 6.07) is 14.2. The molecule has 0 saturated heterocycles. The van der Waals surface area contributed by atoms with Crippen LogP contribution in [0.1, 0.15) is 11.1 Å². The maximum absolute atomic E-state index is 6.02. The second-order valence-electron chi connectivity index (χ2n) is 3.88. The minimum Gasteiger partial charge on any atom is -0.326 e. The van der Waals surface area contributed by atoms with Gasteiger partial charge in [0.05, 0.1) is 0 Å². The van der Waals surface area contributed by atoms with E-state index in [4.69, 9.17) is 17.3 Å². The van der Waals surface area contributed by atoms with Crippen molar-refractivity contribution in [3.05, 3.63) is 58.6 Å². The van der Waals surface area contributed by atoms with Crippen LogP contribution in [0, 0.1) is 6.92 Å². The van der Waals surface area contributed by atoms with Crippen molar-refractivity contribution >= 4 is 11.6 Å². The van der Waals surface area contributed by atoms with Crippen molar-refractivity contribution in [2.45, 2.75) is 13.5 Å². The Kier molecular flexibility index (Phi) is 3.28. The van der Waals surface area contributed by atoms with Crippen LogP contribution in [0.4, 0.5) is 0 Å². The van der Waals surface area contributed by atoms with Crippen LogP contribution in [0.5, 0.6) is 0 Å². The van der Waals surface area contributed by atoms with E-state index in [0.29, 0.717) is 6.54 Å². The standard InChI is InChI=1S/C14H14ClN/c1-10-3-2-4-11(7-10)14-8-13(15)6-5-12(14)9-16/h2-8H,9,16H2,1H3. The fourth-order valence-electron chi connectivity index (χ4n) is 1.81. The highest BCUT2D eigenvalue weighted by molar-refractivity contribution is 6.30. The zero-order valence-corrected chi connectivity index (χ0v) is 9.96. The van der Waals surface area contributed by atoms with Crippen molar-refractivity contribution in [3.8, 4) is 11.1 Å². The normalized spacial score (nSPS) is 10.4. The fourth-order valence-corrected chi connectivity index (χ4v) is 1.98. The minimum absolute atomic E-state index is 0.528. The Morgan fingerprint density at radius 1 is 1.12 bits per heavy atom. The molecule has 0 heterocycles. The van der Waals surface area contributed by atoms with Crippen molar-refractivity contribution in [2.24, 2.45) is 5.73 Å². The second-order valence-corrected chi connectivity index (χ2v) is 4.31. The van der Waals surface area contributed by atoms with Gasteiger partial charge in [-0.05, 0) is 35.7 Å². The maximum atomic E-state index is 6.02. The average Bonchev–Trinajstić information content (AvgIpc) is 2.29. The zero-order valence-electron chi connectivity index (χ0n) is 9.20. The molecule has 2 heteroatoms. The summed E-state index contributed by atoms with van der Waals surface area (Å²) in [5.74, 6) is 0. The lowest BCUT2D eigenvalue weighted by Gasteiger charge is -2.09. The topological polar surface area (TPSA) is 26.0 Å². The highest BCUT2D eigenvalue weighted by atomic mass is 35.5. The van der Waals surface area contributed by atoms with Crippen LogP contribution in [0.2, 0.25) is 5.02 Å². The van der Waals surface area contributed by atoms with Gasteiger partial charge in [0.25, 0.3) is 0 Å². The smallest absolute Gasteiger partial charge is 0.0412 e. The average molecular weight is 232 g/mol. The summed E-state index contributed by atoms with van der Waals surface area (Å²) in [5.41, 5.74) is 10.4. The predicted octanol–water partition coefficient (Wildman–Crippen LogP) is 3.77. The molecule has 0 aliphatic carbocycles. The van der Waals surface area contributed by atoms with E-state index in [1.165, 1.54) is 11.1 Å². The van der Waals surface area contributed by atoms with E-state index >= 15 is 0 Å². The molecule has 0 amide bonds. The molecule has 0 fully saturated rings. The van der Waals surface area contributed by atoms with Crippen molar-refractivity contribution in [1.82, 2.24) is 0 Å². The molecule has 0 unspecified atom stereocenters. The third kappa shape index (κ3) is 2.26. The third-order valence-corrected chi connectivity index (χ3v) is 2.86. The SMILES string of the molecule is Cc1cccc(-c2cc(Cl)ccc2CN)c1. The highest BCUT2D eigenvalue weighted by Gasteiger charge is 2.04. The van der Waals surface area contributed by atoms with E-state index in [-0.39, 0.29) is 0 Å². The monoisotopic (exact) mass is 231 g/mol. The number of hydrogen-bond acceptors (Lipinski definition) is 1. The number of nitrogens with two attached hydrogens (primary N) is 1. The highest BCUT2D eigenvalue weighted by Crippen LogP contribution is 2.27. The number of aryl methyl sites for hydroxylation is 1. The molecule has 2 rings (SSSR count). The molecular weight excluding hydrogens is 218 g/mol. The van der Waals surface area contributed by atoms with Gasteiger partial charge in [-0.1, -0.05) is 47.5 Å². The van der Waals surface area contributed by atoms with Gasteiger partial charge in [-0.3, -0.25) is 0 Å². The van der Waals surface area contributed by atoms with Gasteiger partial charge >= 0.3 is 0 Å². The second kappa shape index (κ2) is 4.69. The van der Waals surface area contributed by atoms with E-state index in [2.05, 4.69) is 25.1 Å². The minimum atomic E-state index is 0.528.